The van der Waals surface area contributed by atoms with Crippen LogP contribution in [-0.4, -0.2) is 65.8 Å². The van der Waals surface area contributed by atoms with Gasteiger partial charge in [0.05, 0.1) is 35.8 Å². The zero-order chi connectivity index (χ0) is 29.4. The second kappa shape index (κ2) is 10.3. The van der Waals surface area contributed by atoms with Crippen molar-refractivity contribution in [3.8, 4) is 5.75 Å². The quantitative estimate of drug-likeness (QED) is 0.436. The van der Waals surface area contributed by atoms with Gasteiger partial charge in [0.15, 0.2) is 6.61 Å². The zero-order valence-electron chi connectivity index (χ0n) is 23.6. The van der Waals surface area contributed by atoms with E-state index in [1.165, 1.54) is 16.2 Å². The lowest BCUT2D eigenvalue weighted by Gasteiger charge is -2.43. The Hall–Kier alpha value is -3.41. The highest BCUT2D eigenvalue weighted by atomic mass is 32.2. The van der Waals surface area contributed by atoms with Crippen LogP contribution < -0.4 is 14.5 Å². The fraction of sp³-hybridized carbons (Fsp3) is 0.438. The number of carbonyl (C=O) groups is 3. The van der Waals surface area contributed by atoms with Gasteiger partial charge in [-0.05, 0) is 60.9 Å². The summed E-state index contributed by atoms with van der Waals surface area (Å²) < 4.78 is 11.2. The number of aromatic nitrogens is 1. The van der Waals surface area contributed by atoms with Crippen molar-refractivity contribution in [3.05, 3.63) is 74.2 Å². The SMILES string of the molecule is Cc1ccc(N2C(=O)[C@H]3[C@H]4C[C@@H]([C@@H]3C2=O)[C@@H]2[C@H](c3ccc(OCC(=O)N5CCOCC5)cc3)c3sc(=O)[nH]c3S[C@H]42)cc1. The van der Waals surface area contributed by atoms with E-state index in [9.17, 15) is 19.2 Å². The van der Waals surface area contributed by atoms with E-state index in [2.05, 4.69) is 4.98 Å². The second-order valence-corrected chi connectivity index (χ2v) is 14.4. The van der Waals surface area contributed by atoms with E-state index >= 15 is 0 Å². The number of anilines is 1. The third kappa shape index (κ3) is 4.30. The molecule has 0 spiro atoms. The number of benzene rings is 2. The number of nitrogens with one attached hydrogen (secondary N) is 1. The number of hydrogen-bond donors (Lipinski definition) is 1. The average Bonchev–Trinajstić information content (AvgIpc) is 3.76. The van der Waals surface area contributed by atoms with Crippen molar-refractivity contribution < 1.29 is 23.9 Å². The van der Waals surface area contributed by atoms with Crippen molar-refractivity contribution in [1.82, 2.24) is 9.88 Å². The molecule has 5 aliphatic rings. The first-order chi connectivity index (χ1) is 20.9. The molecule has 4 heterocycles. The molecule has 7 atom stereocenters. The molecule has 2 bridgehead atoms. The molecule has 43 heavy (non-hydrogen) atoms. The van der Waals surface area contributed by atoms with Crippen LogP contribution >= 0.6 is 23.1 Å². The summed E-state index contributed by atoms with van der Waals surface area (Å²) in [6, 6.07) is 15.4. The first-order valence-electron chi connectivity index (χ1n) is 14.8. The molecule has 3 amide bonds. The van der Waals surface area contributed by atoms with Gasteiger partial charge in [0, 0.05) is 29.1 Å². The maximum absolute atomic E-state index is 13.9. The third-order valence-electron chi connectivity index (χ3n) is 9.98. The average molecular weight is 618 g/mol. The van der Waals surface area contributed by atoms with Gasteiger partial charge in [0.2, 0.25) is 11.8 Å². The number of morpholine rings is 1. The maximum atomic E-state index is 13.9. The molecule has 222 valence electrons. The molecule has 2 saturated carbocycles. The highest BCUT2D eigenvalue weighted by Crippen LogP contribution is 2.68. The molecule has 0 radical (unpaired) electrons. The molecule has 1 aromatic heterocycles. The minimum atomic E-state index is -0.339. The number of amides is 3. The van der Waals surface area contributed by atoms with E-state index in [-0.39, 0.29) is 70.0 Å². The molecule has 2 saturated heterocycles. The van der Waals surface area contributed by atoms with Gasteiger partial charge >= 0.3 is 4.87 Å². The number of nitrogens with zero attached hydrogens (tertiary/aromatic N) is 2. The summed E-state index contributed by atoms with van der Waals surface area (Å²) in [5.74, 6) is -0.104. The number of thioether (sulfide) groups is 1. The molecule has 1 N–H and O–H groups in total. The van der Waals surface area contributed by atoms with Gasteiger partial charge in [0.1, 0.15) is 5.75 Å². The molecule has 3 aliphatic heterocycles. The minimum Gasteiger partial charge on any atom is -0.484 e. The van der Waals surface area contributed by atoms with E-state index in [1.54, 1.807) is 16.7 Å². The summed E-state index contributed by atoms with van der Waals surface area (Å²) in [6.45, 7) is 4.19. The number of imide groups is 1. The zero-order valence-corrected chi connectivity index (χ0v) is 25.2. The van der Waals surface area contributed by atoms with Crippen LogP contribution in [0.15, 0.2) is 58.4 Å². The number of carbonyl (C=O) groups excluding carboxylic acids is 3. The van der Waals surface area contributed by atoms with E-state index in [0.717, 1.165) is 27.5 Å². The number of aromatic amines is 1. The van der Waals surface area contributed by atoms with Crippen LogP contribution in [0.5, 0.6) is 5.75 Å². The van der Waals surface area contributed by atoms with Gasteiger partial charge in [0.25, 0.3) is 5.91 Å². The lowest BCUT2D eigenvalue weighted by Crippen LogP contribution is -2.43. The maximum Gasteiger partial charge on any atom is 0.305 e. The Bertz CT molecular complexity index is 1660. The second-order valence-electron chi connectivity index (χ2n) is 12.2. The van der Waals surface area contributed by atoms with Crippen LogP contribution in [0.25, 0.3) is 0 Å². The van der Waals surface area contributed by atoms with Crippen molar-refractivity contribution in [3.63, 3.8) is 0 Å². The van der Waals surface area contributed by atoms with Crippen LogP contribution in [0.1, 0.15) is 28.3 Å². The van der Waals surface area contributed by atoms with Gasteiger partial charge in [-0.25, -0.2) is 0 Å². The summed E-state index contributed by atoms with van der Waals surface area (Å²) in [5.41, 5.74) is 2.77. The Morgan fingerprint density at radius 2 is 1.67 bits per heavy atom. The Morgan fingerprint density at radius 3 is 2.40 bits per heavy atom. The Labute approximate surface area is 256 Å². The smallest absolute Gasteiger partial charge is 0.305 e. The highest BCUT2D eigenvalue weighted by Gasteiger charge is 2.69. The summed E-state index contributed by atoms with van der Waals surface area (Å²) in [6.07, 6.45) is 0.845. The van der Waals surface area contributed by atoms with Crippen LogP contribution in [0, 0.1) is 36.5 Å². The largest absolute Gasteiger partial charge is 0.484 e. The van der Waals surface area contributed by atoms with Crippen molar-refractivity contribution in [2.24, 2.45) is 29.6 Å². The first-order valence-corrected chi connectivity index (χ1v) is 16.5. The molecular weight excluding hydrogens is 587 g/mol. The molecule has 2 aromatic carbocycles. The van der Waals surface area contributed by atoms with Crippen LogP contribution in [0.4, 0.5) is 5.69 Å². The molecule has 2 aliphatic carbocycles. The summed E-state index contributed by atoms with van der Waals surface area (Å²) in [5, 5.41) is 1.01. The number of rotatable bonds is 5. The van der Waals surface area contributed by atoms with Gasteiger partial charge in [-0.15, -0.1) is 11.8 Å². The Kier molecular flexibility index (Phi) is 6.54. The molecule has 0 unspecified atom stereocenters. The fourth-order valence-electron chi connectivity index (χ4n) is 8.16. The Morgan fingerprint density at radius 1 is 0.977 bits per heavy atom. The Balaban J connectivity index is 1.08. The van der Waals surface area contributed by atoms with Crippen molar-refractivity contribution >= 4 is 46.5 Å². The fourth-order valence-corrected chi connectivity index (χ4v) is 11.0. The van der Waals surface area contributed by atoms with Gasteiger partial charge in [-0.1, -0.05) is 41.2 Å². The van der Waals surface area contributed by atoms with Gasteiger partial charge < -0.3 is 19.4 Å². The number of thiazole rings is 1. The molecular formula is C32H31N3O6S2. The summed E-state index contributed by atoms with van der Waals surface area (Å²) in [7, 11) is 0. The van der Waals surface area contributed by atoms with Crippen LogP contribution in [0.3, 0.4) is 0 Å². The third-order valence-corrected chi connectivity index (χ3v) is 12.6. The van der Waals surface area contributed by atoms with Gasteiger partial charge in [-0.2, -0.15) is 0 Å². The lowest BCUT2D eigenvalue weighted by molar-refractivity contribution is -0.137. The molecule has 8 rings (SSSR count). The van der Waals surface area contributed by atoms with Crippen molar-refractivity contribution in [2.75, 3.05) is 37.8 Å². The topological polar surface area (TPSA) is 109 Å². The monoisotopic (exact) mass is 617 g/mol. The van der Waals surface area contributed by atoms with Crippen LogP contribution in [0.2, 0.25) is 0 Å². The van der Waals surface area contributed by atoms with Crippen LogP contribution in [-0.2, 0) is 19.1 Å². The number of hydrogen-bond acceptors (Lipinski definition) is 8. The van der Waals surface area contributed by atoms with E-state index in [0.29, 0.717) is 37.7 Å². The highest BCUT2D eigenvalue weighted by molar-refractivity contribution is 8.00. The normalized spacial score (nSPS) is 30.8. The predicted octanol–water partition coefficient (Wildman–Crippen LogP) is 3.66. The predicted molar refractivity (Wildman–Crippen MR) is 162 cm³/mol. The number of H-pyrrole nitrogens is 1. The molecule has 11 heteroatoms. The van der Waals surface area contributed by atoms with Crippen molar-refractivity contribution in [2.45, 2.75) is 29.5 Å². The molecule has 3 aromatic rings. The van der Waals surface area contributed by atoms with Crippen molar-refractivity contribution in [1.29, 1.82) is 0 Å². The van der Waals surface area contributed by atoms with E-state index < -0.39 is 0 Å². The summed E-state index contributed by atoms with van der Waals surface area (Å²) in [4.78, 5) is 60.0. The van der Waals surface area contributed by atoms with E-state index in [1.807, 2.05) is 55.5 Å². The number of fused-ring (bicyclic) bond motifs is 9. The minimum absolute atomic E-state index is 0.0336. The number of ether oxygens (including phenoxy) is 2. The first kappa shape index (κ1) is 27.2. The molecule has 4 fully saturated rings. The van der Waals surface area contributed by atoms with E-state index in [4.69, 9.17) is 9.47 Å². The molecule has 9 nitrogen and oxygen atoms in total. The standard InChI is InChI=1S/C32H31N3O6S2/c1-16-2-6-18(7-3-16)35-30(37)25-20-14-21(26(25)31(35)38)27-24(20)23(28-29(42-27)33-32(39)43-28)17-4-8-19(9-5-17)41-15-22(36)34-10-12-40-13-11-34/h2-9,20-21,23-27H,10-15H2,1H3,(H,33,39)/t20-,21-,23+,24-,25+,26+,27-/m1/s1. The number of aryl methyl sites for hydroxylation is 1. The summed E-state index contributed by atoms with van der Waals surface area (Å²) >= 11 is 2.93. The van der Waals surface area contributed by atoms with Gasteiger partial charge in [-0.3, -0.25) is 24.1 Å². The lowest BCUT2D eigenvalue weighted by atomic mass is 9.68.